The highest BCUT2D eigenvalue weighted by Crippen LogP contribution is 2.25. The molecule has 0 aromatic heterocycles. The van der Waals surface area contributed by atoms with Gasteiger partial charge in [0.2, 0.25) is 0 Å². The molecule has 1 unspecified atom stereocenters. The molecule has 4 nitrogen and oxygen atoms in total. The van der Waals surface area contributed by atoms with Gasteiger partial charge in [-0.15, -0.1) is 11.8 Å². The zero-order chi connectivity index (χ0) is 8.27. The van der Waals surface area contributed by atoms with Crippen molar-refractivity contribution >= 4 is 17.9 Å². The van der Waals surface area contributed by atoms with Crippen LogP contribution < -0.4 is 5.73 Å². The van der Waals surface area contributed by atoms with Gasteiger partial charge in [0.1, 0.15) is 0 Å². The number of hydrogen-bond acceptors (Lipinski definition) is 3. The summed E-state index contributed by atoms with van der Waals surface area (Å²) in [6, 6.07) is 0. The summed E-state index contributed by atoms with van der Waals surface area (Å²) < 4.78 is 0. The lowest BCUT2D eigenvalue weighted by atomic mass is 10.4. The highest BCUT2D eigenvalue weighted by atomic mass is 32.2. The van der Waals surface area contributed by atoms with E-state index in [1.807, 2.05) is 0 Å². The number of likely N-dealkylation sites (tertiary alicyclic amines) is 1. The molecule has 0 spiro atoms. The Morgan fingerprint density at radius 3 is 3.09 bits per heavy atom. The molecule has 0 aromatic rings. The largest absolute Gasteiger partial charge is 0.465 e. The first-order chi connectivity index (χ1) is 5.25. The SMILES string of the molecule is NCSC1CCCN1C(=O)O. The topological polar surface area (TPSA) is 66.6 Å². The molecule has 0 aromatic carbocycles. The van der Waals surface area contributed by atoms with Crippen LogP contribution in [0.3, 0.4) is 0 Å². The molecule has 1 fully saturated rings. The summed E-state index contributed by atoms with van der Waals surface area (Å²) in [7, 11) is 0. The summed E-state index contributed by atoms with van der Waals surface area (Å²) in [6.07, 6.45) is 1.08. The molecule has 1 heterocycles. The third-order valence-electron chi connectivity index (χ3n) is 1.73. The Morgan fingerprint density at radius 1 is 1.82 bits per heavy atom. The van der Waals surface area contributed by atoms with Crippen molar-refractivity contribution in [3.63, 3.8) is 0 Å². The number of carbonyl (C=O) groups is 1. The minimum Gasteiger partial charge on any atom is -0.465 e. The van der Waals surface area contributed by atoms with Crippen LogP contribution in [-0.2, 0) is 0 Å². The summed E-state index contributed by atoms with van der Waals surface area (Å²) in [5, 5.41) is 8.78. The van der Waals surface area contributed by atoms with Gasteiger partial charge in [0.15, 0.2) is 0 Å². The Kier molecular flexibility index (Phi) is 3.02. The van der Waals surface area contributed by atoms with Crippen LogP contribution in [0.25, 0.3) is 0 Å². The number of hydrogen-bond donors (Lipinski definition) is 2. The van der Waals surface area contributed by atoms with E-state index >= 15 is 0 Å². The first-order valence-corrected chi connectivity index (χ1v) is 4.62. The summed E-state index contributed by atoms with van der Waals surface area (Å²) in [4.78, 5) is 12.0. The number of rotatable bonds is 2. The lowest BCUT2D eigenvalue weighted by Crippen LogP contribution is -2.32. The molecule has 0 saturated carbocycles. The lowest BCUT2D eigenvalue weighted by molar-refractivity contribution is 0.152. The van der Waals surface area contributed by atoms with Gasteiger partial charge in [-0.2, -0.15) is 0 Å². The first kappa shape index (κ1) is 8.67. The predicted octanol–water partition coefficient (Wildman–Crippen LogP) is 0.736. The molecule has 3 N–H and O–H groups in total. The van der Waals surface area contributed by atoms with Crippen molar-refractivity contribution in [3.05, 3.63) is 0 Å². The van der Waals surface area contributed by atoms with E-state index in [1.54, 1.807) is 0 Å². The van der Waals surface area contributed by atoms with E-state index in [2.05, 4.69) is 0 Å². The molecule has 11 heavy (non-hydrogen) atoms. The fraction of sp³-hybridized carbons (Fsp3) is 0.833. The average molecular weight is 176 g/mol. The fourth-order valence-electron chi connectivity index (χ4n) is 1.24. The van der Waals surface area contributed by atoms with Crippen LogP contribution in [0.5, 0.6) is 0 Å². The Hall–Kier alpha value is -0.420. The highest BCUT2D eigenvalue weighted by Gasteiger charge is 2.27. The van der Waals surface area contributed by atoms with Gasteiger partial charge in [-0.1, -0.05) is 0 Å². The van der Waals surface area contributed by atoms with Gasteiger partial charge in [0, 0.05) is 12.4 Å². The van der Waals surface area contributed by atoms with E-state index in [0.717, 1.165) is 12.8 Å². The summed E-state index contributed by atoms with van der Waals surface area (Å²) in [5.74, 6) is 0.494. The maximum atomic E-state index is 10.6. The maximum Gasteiger partial charge on any atom is 0.408 e. The van der Waals surface area contributed by atoms with E-state index in [1.165, 1.54) is 16.7 Å². The van der Waals surface area contributed by atoms with Crippen LogP contribution in [0, 0.1) is 0 Å². The number of nitrogens with zero attached hydrogens (tertiary/aromatic N) is 1. The van der Waals surface area contributed by atoms with E-state index in [9.17, 15) is 4.79 Å². The van der Waals surface area contributed by atoms with Crippen LogP contribution in [0.4, 0.5) is 4.79 Å². The van der Waals surface area contributed by atoms with Gasteiger partial charge >= 0.3 is 6.09 Å². The second kappa shape index (κ2) is 3.82. The first-order valence-electron chi connectivity index (χ1n) is 3.57. The van der Waals surface area contributed by atoms with Crippen molar-refractivity contribution in [2.45, 2.75) is 18.2 Å². The van der Waals surface area contributed by atoms with Crippen molar-refractivity contribution in [2.24, 2.45) is 5.73 Å². The second-order valence-corrected chi connectivity index (χ2v) is 3.62. The summed E-state index contributed by atoms with van der Waals surface area (Å²) >= 11 is 1.50. The van der Waals surface area contributed by atoms with Crippen LogP contribution in [0.2, 0.25) is 0 Å². The number of carboxylic acid groups (broad SMARTS) is 1. The molecule has 0 radical (unpaired) electrons. The van der Waals surface area contributed by atoms with Crippen molar-refractivity contribution in [3.8, 4) is 0 Å². The van der Waals surface area contributed by atoms with E-state index in [-0.39, 0.29) is 5.37 Å². The van der Waals surface area contributed by atoms with Crippen LogP contribution in [-0.4, -0.2) is 33.9 Å². The molecule has 5 heteroatoms. The molecular weight excluding hydrogens is 164 g/mol. The number of nitrogens with two attached hydrogens (primary N) is 1. The maximum absolute atomic E-state index is 10.6. The van der Waals surface area contributed by atoms with Gasteiger partial charge in [-0.25, -0.2) is 4.79 Å². The zero-order valence-electron chi connectivity index (χ0n) is 6.19. The number of amides is 1. The minimum atomic E-state index is -0.826. The molecule has 1 atom stereocenters. The van der Waals surface area contributed by atoms with Crippen molar-refractivity contribution in [1.29, 1.82) is 0 Å². The van der Waals surface area contributed by atoms with Gasteiger partial charge in [0.25, 0.3) is 0 Å². The monoisotopic (exact) mass is 176 g/mol. The Morgan fingerprint density at radius 2 is 2.55 bits per heavy atom. The van der Waals surface area contributed by atoms with Crippen LogP contribution >= 0.6 is 11.8 Å². The van der Waals surface area contributed by atoms with Gasteiger partial charge in [0.05, 0.1) is 5.37 Å². The Bertz CT molecular complexity index is 154. The Labute approximate surface area is 69.7 Å². The standard InChI is InChI=1S/C6H12N2O2S/c7-4-11-5-2-1-3-8(5)6(9)10/h5H,1-4,7H2,(H,9,10). The smallest absolute Gasteiger partial charge is 0.408 e. The van der Waals surface area contributed by atoms with Crippen LogP contribution in [0.15, 0.2) is 0 Å². The summed E-state index contributed by atoms with van der Waals surface area (Å²) in [5.41, 5.74) is 5.31. The third-order valence-corrected chi connectivity index (χ3v) is 2.80. The van der Waals surface area contributed by atoms with Gasteiger partial charge in [-0.05, 0) is 12.8 Å². The molecule has 0 bridgehead atoms. The molecule has 1 rings (SSSR count). The zero-order valence-corrected chi connectivity index (χ0v) is 7.01. The highest BCUT2D eigenvalue weighted by molar-refractivity contribution is 7.99. The van der Waals surface area contributed by atoms with Gasteiger partial charge in [-0.3, -0.25) is 4.90 Å². The van der Waals surface area contributed by atoms with E-state index in [0.29, 0.717) is 12.4 Å². The van der Waals surface area contributed by atoms with Crippen LogP contribution in [0.1, 0.15) is 12.8 Å². The quantitative estimate of drug-likeness (QED) is 0.609. The summed E-state index contributed by atoms with van der Waals surface area (Å²) in [6.45, 7) is 0.660. The van der Waals surface area contributed by atoms with E-state index in [4.69, 9.17) is 10.8 Å². The normalized spacial score (nSPS) is 24.1. The molecule has 1 amide bonds. The number of thioether (sulfide) groups is 1. The minimum absolute atomic E-state index is 0.0949. The second-order valence-electron chi connectivity index (χ2n) is 2.41. The predicted molar refractivity (Wildman–Crippen MR) is 44.4 cm³/mol. The fourth-order valence-corrected chi connectivity index (χ4v) is 2.17. The van der Waals surface area contributed by atoms with Crippen molar-refractivity contribution in [1.82, 2.24) is 4.90 Å². The lowest BCUT2D eigenvalue weighted by Gasteiger charge is -2.19. The molecule has 1 saturated heterocycles. The molecule has 1 aliphatic rings. The molecular formula is C6H12N2O2S. The van der Waals surface area contributed by atoms with E-state index < -0.39 is 6.09 Å². The van der Waals surface area contributed by atoms with Crippen molar-refractivity contribution < 1.29 is 9.90 Å². The third kappa shape index (κ3) is 2.00. The van der Waals surface area contributed by atoms with Gasteiger partial charge < -0.3 is 10.8 Å². The Balaban J connectivity index is 2.44. The average Bonchev–Trinajstić information content (AvgIpc) is 2.36. The van der Waals surface area contributed by atoms with Crippen molar-refractivity contribution in [2.75, 3.05) is 12.4 Å². The molecule has 64 valence electrons. The molecule has 0 aliphatic carbocycles. The molecule has 1 aliphatic heterocycles.